The van der Waals surface area contributed by atoms with Gasteiger partial charge >= 0.3 is 0 Å². The molecule has 116 valence electrons. The van der Waals surface area contributed by atoms with Crippen LogP contribution in [0, 0.1) is 0 Å². The maximum atomic E-state index is 9.09. The van der Waals surface area contributed by atoms with Gasteiger partial charge in [-0.2, -0.15) is 0 Å². The first-order valence-corrected chi connectivity index (χ1v) is 10.1. The van der Waals surface area contributed by atoms with Gasteiger partial charge in [-0.1, -0.05) is 13.8 Å². The number of thiazole rings is 2. The highest BCUT2D eigenvalue weighted by atomic mass is 36.0. The molecule has 0 aliphatic rings. The van der Waals surface area contributed by atoms with Crippen LogP contribution in [0.3, 0.4) is 0 Å². The number of hydrogen-bond donors (Lipinski definition) is 1. The van der Waals surface area contributed by atoms with E-state index < -0.39 is 9.23 Å². The molecule has 10 heteroatoms. The van der Waals surface area contributed by atoms with E-state index in [0.717, 1.165) is 10.0 Å². The van der Waals surface area contributed by atoms with Crippen LogP contribution < -0.4 is 0 Å². The summed E-state index contributed by atoms with van der Waals surface area (Å²) >= 11 is 8.46. The summed E-state index contributed by atoms with van der Waals surface area (Å²) in [7, 11) is 7.36. The second-order valence-corrected chi connectivity index (χ2v) is 7.08. The molecule has 0 amide bonds. The summed E-state index contributed by atoms with van der Waals surface area (Å²) in [5.41, 5.74) is 0. The highest BCUT2D eigenvalue weighted by Crippen LogP contribution is 2.05. The van der Waals surface area contributed by atoms with Crippen LogP contribution in [0.4, 0.5) is 0 Å². The van der Waals surface area contributed by atoms with Gasteiger partial charge in [0.25, 0.3) is 0 Å². The fourth-order valence-electron chi connectivity index (χ4n) is 0.650. The maximum absolute atomic E-state index is 9.09. The third kappa shape index (κ3) is 16.3. The number of aromatic nitrogens is 2. The topological polar surface area (TPSA) is 63.1 Å². The first-order valence-electron chi connectivity index (χ1n) is 5.69. The van der Waals surface area contributed by atoms with Crippen molar-refractivity contribution in [3.8, 4) is 0 Å². The molecule has 0 fully saturated rings. The first kappa shape index (κ1) is 20.2. The monoisotopic (exact) mass is 397 g/mol. The number of aliphatic hydroxyl groups excluding tert-OH is 1. The largest absolute Gasteiger partial charge is 0.389 e. The van der Waals surface area contributed by atoms with E-state index in [1.807, 2.05) is 10.8 Å². The first-order chi connectivity index (χ1) is 10.0. The summed E-state index contributed by atoms with van der Waals surface area (Å²) in [5, 5.41) is 13.9. The Morgan fingerprint density at radius 3 is 1.85 bits per heavy atom. The number of hydrogen-bond acceptors (Lipinski definition) is 6. The predicted octanol–water partition coefficient (Wildman–Crippen LogP) is 4.59. The Labute approximate surface area is 144 Å². The van der Waals surface area contributed by atoms with Crippen molar-refractivity contribution in [3.63, 3.8) is 0 Å². The van der Waals surface area contributed by atoms with Crippen LogP contribution in [0.2, 0.25) is 0 Å². The highest BCUT2D eigenvalue weighted by Gasteiger charge is 1.86. The molecule has 4 nitrogen and oxygen atoms in total. The second-order valence-electron chi connectivity index (χ2n) is 2.33. The Morgan fingerprint density at radius 1 is 1.30 bits per heavy atom. The molecule has 0 radical (unpaired) electrons. The van der Waals surface area contributed by atoms with E-state index in [4.69, 9.17) is 22.3 Å². The molecule has 2 aromatic rings. The lowest BCUT2D eigenvalue weighted by Crippen LogP contribution is -1.75. The molecule has 0 aromatic carbocycles. The van der Waals surface area contributed by atoms with Gasteiger partial charge in [0.1, 0.15) is 10.0 Å². The summed E-state index contributed by atoms with van der Waals surface area (Å²) in [4.78, 5) is 7.72. The molecule has 2 heterocycles. The third-order valence-corrected chi connectivity index (χ3v) is 3.17. The average molecular weight is 399 g/mol. The van der Waals surface area contributed by atoms with Crippen LogP contribution in [0.1, 0.15) is 25.2 Å². The molecule has 0 aliphatic carbocycles. The van der Waals surface area contributed by atoms with Gasteiger partial charge in [-0.25, -0.2) is 14.2 Å². The molecular formula is C10H15Cl3N2O2S3. The SMILES string of the molecule is ClCc1nccs1.O=S(Cl)Cl.OCc1nccs1.[2H]CC. The molecule has 20 heavy (non-hydrogen) atoms. The predicted molar refractivity (Wildman–Crippen MR) is 90.9 cm³/mol. The summed E-state index contributed by atoms with van der Waals surface area (Å²) < 4.78 is 15.3. The summed E-state index contributed by atoms with van der Waals surface area (Å²) in [6.07, 6.45) is 3.43. The lowest BCUT2D eigenvalue weighted by atomic mass is 10.8. The van der Waals surface area contributed by atoms with Crippen molar-refractivity contribution in [2.75, 3.05) is 0 Å². The fourth-order valence-corrected chi connectivity index (χ4v) is 1.85. The Hall–Kier alpha value is 0.240. The Balaban J connectivity index is 0. The standard InChI is InChI=1S/C4H4ClNS.C4H5NOS.C2H6.Cl2OS/c5-3-4-6-1-2-7-4;6-3-4-5-1-2-7-4;1-2;1-4(2)3/h1-2H,3H2;1-2,6H,3H2;1-2H3;/i;;1D;. The zero-order valence-corrected chi connectivity index (χ0v) is 15.3. The molecule has 1 N–H and O–H groups in total. The van der Waals surface area contributed by atoms with Crippen LogP contribution in [0.25, 0.3) is 0 Å². The van der Waals surface area contributed by atoms with Gasteiger partial charge in [0.2, 0.25) is 9.23 Å². The maximum Gasteiger partial charge on any atom is 0.211 e. The lowest BCUT2D eigenvalue weighted by Gasteiger charge is -1.77. The molecule has 2 rings (SSSR count). The van der Waals surface area contributed by atoms with Crippen LogP contribution in [-0.4, -0.2) is 19.3 Å². The number of rotatable bonds is 2. The minimum atomic E-state index is -1.67. The van der Waals surface area contributed by atoms with Gasteiger partial charge in [0.15, 0.2) is 0 Å². The minimum absolute atomic E-state index is 0.0671. The minimum Gasteiger partial charge on any atom is -0.389 e. The van der Waals surface area contributed by atoms with Crippen molar-refractivity contribution in [2.45, 2.75) is 26.3 Å². The number of alkyl halides is 1. The summed E-state index contributed by atoms with van der Waals surface area (Å²) in [5.74, 6) is 0.539. The van der Waals surface area contributed by atoms with E-state index in [1.54, 1.807) is 30.7 Å². The molecule has 0 aliphatic heterocycles. The van der Waals surface area contributed by atoms with E-state index in [-0.39, 0.29) is 6.61 Å². The highest BCUT2D eigenvalue weighted by molar-refractivity contribution is 8.26. The molecule has 0 atom stereocenters. The van der Waals surface area contributed by atoms with Crippen LogP contribution in [0.15, 0.2) is 23.2 Å². The van der Waals surface area contributed by atoms with Crippen molar-refractivity contribution in [1.29, 1.82) is 0 Å². The summed E-state index contributed by atoms with van der Waals surface area (Å²) in [6, 6.07) is 0. The van der Waals surface area contributed by atoms with Crippen molar-refractivity contribution < 1.29 is 10.7 Å². The molecule has 0 bridgehead atoms. The fraction of sp³-hybridized carbons (Fsp3) is 0.400. The molecule has 2 aromatic heterocycles. The zero-order valence-electron chi connectivity index (χ0n) is 11.5. The van der Waals surface area contributed by atoms with Crippen molar-refractivity contribution in [3.05, 3.63) is 33.2 Å². The molecule has 0 saturated heterocycles. The van der Waals surface area contributed by atoms with Gasteiger partial charge in [0, 0.05) is 45.9 Å². The Bertz CT molecular complexity index is 394. The van der Waals surface area contributed by atoms with Gasteiger partial charge in [0.05, 0.1) is 12.5 Å². The molecular weight excluding hydrogens is 383 g/mol. The van der Waals surface area contributed by atoms with Crippen LogP contribution in [0.5, 0.6) is 0 Å². The average Bonchev–Trinajstić information content (AvgIpc) is 3.13. The van der Waals surface area contributed by atoms with E-state index in [0.29, 0.717) is 12.8 Å². The molecule has 0 saturated carbocycles. The van der Waals surface area contributed by atoms with Crippen LogP contribution in [-0.2, 0) is 21.7 Å². The van der Waals surface area contributed by atoms with Crippen molar-refractivity contribution in [1.82, 2.24) is 9.97 Å². The van der Waals surface area contributed by atoms with E-state index in [1.165, 1.54) is 11.3 Å². The van der Waals surface area contributed by atoms with Gasteiger partial charge in [-0.3, -0.25) is 0 Å². The van der Waals surface area contributed by atoms with Gasteiger partial charge in [-0.15, -0.1) is 34.3 Å². The third-order valence-electron chi connectivity index (χ3n) is 1.22. The van der Waals surface area contributed by atoms with Crippen LogP contribution >= 0.6 is 55.6 Å². The smallest absolute Gasteiger partial charge is 0.211 e. The second kappa shape index (κ2) is 17.3. The molecule has 0 unspecified atom stereocenters. The normalized spacial score (nSPS) is 9.20. The zero-order chi connectivity index (χ0) is 16.5. The lowest BCUT2D eigenvalue weighted by molar-refractivity contribution is 0.281. The number of halogens is 3. The van der Waals surface area contributed by atoms with Gasteiger partial charge < -0.3 is 5.11 Å². The van der Waals surface area contributed by atoms with Crippen molar-refractivity contribution in [2.24, 2.45) is 0 Å². The van der Waals surface area contributed by atoms with E-state index in [2.05, 4.69) is 31.3 Å². The molecule has 0 spiro atoms. The van der Waals surface area contributed by atoms with E-state index in [9.17, 15) is 0 Å². The summed E-state index contributed by atoms with van der Waals surface area (Å²) in [6.45, 7) is 2.36. The number of aliphatic hydroxyl groups is 1. The Morgan fingerprint density at radius 2 is 1.70 bits per heavy atom. The van der Waals surface area contributed by atoms with E-state index >= 15 is 0 Å². The Kier molecular flexibility index (Phi) is 17.5. The van der Waals surface area contributed by atoms with Gasteiger partial charge in [-0.05, 0) is 0 Å². The number of nitrogens with zero attached hydrogens (tertiary/aromatic N) is 2. The van der Waals surface area contributed by atoms with Crippen molar-refractivity contribution >= 4 is 64.9 Å². The quantitative estimate of drug-likeness (QED) is 0.593.